The van der Waals surface area contributed by atoms with Gasteiger partial charge in [0.1, 0.15) is 11.1 Å². The Morgan fingerprint density at radius 3 is 2.44 bits per heavy atom. The molecule has 1 heterocycles. The van der Waals surface area contributed by atoms with Gasteiger partial charge in [-0.1, -0.05) is 0 Å². The van der Waals surface area contributed by atoms with Crippen LogP contribution in [0.15, 0.2) is 5.51 Å². The topological polar surface area (TPSA) is 12.9 Å². The molecule has 0 saturated heterocycles. The van der Waals surface area contributed by atoms with Gasteiger partial charge in [0.15, 0.2) is 0 Å². The van der Waals surface area contributed by atoms with Crippen LogP contribution in [0.3, 0.4) is 0 Å². The zero-order valence-corrected chi connectivity index (χ0v) is 4.88. The van der Waals surface area contributed by atoms with E-state index < -0.39 is 11.1 Å². The summed E-state index contributed by atoms with van der Waals surface area (Å²) in [5.41, 5.74) is 1.10. The Morgan fingerprint density at radius 2 is 2.22 bits per heavy atom. The lowest BCUT2D eigenvalue weighted by Crippen LogP contribution is -2.00. The molecule has 0 aliphatic heterocycles. The standard InChI is InChI=1S/C4HF3NS/c5-4(6,7)3-1-8-2-9-3/h2H. The van der Waals surface area contributed by atoms with Crippen molar-refractivity contribution in [2.75, 3.05) is 0 Å². The first-order valence-corrected chi connectivity index (χ1v) is 2.87. The molecule has 1 aromatic rings. The van der Waals surface area contributed by atoms with Crippen LogP contribution in [0.4, 0.5) is 13.2 Å². The van der Waals surface area contributed by atoms with Gasteiger partial charge in [0.2, 0.25) is 0 Å². The molecule has 9 heavy (non-hydrogen) atoms. The maximum absolute atomic E-state index is 11.6. The van der Waals surface area contributed by atoms with Gasteiger partial charge in [0.05, 0.1) is 5.51 Å². The Morgan fingerprint density at radius 1 is 1.56 bits per heavy atom. The summed E-state index contributed by atoms with van der Waals surface area (Å²) >= 11 is 0.538. The SMILES string of the molecule is FC(F)(F)c1[c]ncs1. The largest absolute Gasteiger partial charge is 0.427 e. The number of nitrogens with zero attached hydrogens (tertiary/aromatic N) is 1. The van der Waals surface area contributed by atoms with E-state index in [0.29, 0.717) is 11.3 Å². The van der Waals surface area contributed by atoms with Crippen LogP contribution in [0.2, 0.25) is 0 Å². The molecule has 0 atom stereocenters. The highest BCUT2D eigenvalue weighted by molar-refractivity contribution is 7.09. The van der Waals surface area contributed by atoms with E-state index in [4.69, 9.17) is 0 Å². The molecule has 0 aliphatic rings. The van der Waals surface area contributed by atoms with Crippen LogP contribution in [0.5, 0.6) is 0 Å². The predicted octanol–water partition coefficient (Wildman–Crippen LogP) is 1.96. The molecule has 0 N–H and O–H groups in total. The van der Waals surface area contributed by atoms with Crippen LogP contribution in [0.1, 0.15) is 4.88 Å². The Kier molecular flexibility index (Phi) is 1.44. The maximum Gasteiger partial charge on any atom is 0.427 e. The van der Waals surface area contributed by atoms with Crippen LogP contribution >= 0.6 is 11.3 Å². The third-order valence-electron chi connectivity index (χ3n) is 0.647. The van der Waals surface area contributed by atoms with E-state index in [1.807, 2.05) is 6.20 Å². The number of rotatable bonds is 0. The quantitative estimate of drug-likeness (QED) is 0.553. The number of thiazole rings is 1. The van der Waals surface area contributed by atoms with Crippen LogP contribution < -0.4 is 0 Å². The van der Waals surface area contributed by atoms with Gasteiger partial charge in [-0.3, -0.25) is 0 Å². The van der Waals surface area contributed by atoms with Gasteiger partial charge < -0.3 is 0 Å². The number of alkyl halides is 3. The molecule has 5 heteroatoms. The highest BCUT2D eigenvalue weighted by Crippen LogP contribution is 2.30. The molecule has 0 spiro atoms. The third-order valence-corrected chi connectivity index (χ3v) is 1.42. The van der Waals surface area contributed by atoms with Crippen molar-refractivity contribution in [2.24, 2.45) is 0 Å². The first-order valence-electron chi connectivity index (χ1n) is 1.99. The van der Waals surface area contributed by atoms with Crippen molar-refractivity contribution in [1.82, 2.24) is 4.98 Å². The van der Waals surface area contributed by atoms with Gasteiger partial charge in [-0.2, -0.15) is 13.2 Å². The monoisotopic (exact) mass is 152 g/mol. The molecular formula is C4HF3NS. The van der Waals surface area contributed by atoms with Crippen LogP contribution in [0.25, 0.3) is 0 Å². The minimum Gasteiger partial charge on any atom is -0.242 e. The van der Waals surface area contributed by atoms with Crippen molar-refractivity contribution in [2.45, 2.75) is 6.18 Å². The lowest BCUT2D eigenvalue weighted by atomic mass is 10.5. The molecule has 0 bridgehead atoms. The number of halogens is 3. The van der Waals surface area contributed by atoms with Crippen LogP contribution in [-0.2, 0) is 6.18 Å². The zero-order chi connectivity index (χ0) is 6.91. The van der Waals surface area contributed by atoms with Gasteiger partial charge in [0, 0.05) is 0 Å². The molecule has 0 aliphatic carbocycles. The normalized spacial score (nSPS) is 11.9. The fourth-order valence-corrected chi connectivity index (χ4v) is 0.770. The Balaban J connectivity index is 2.90. The number of hydrogen-bond donors (Lipinski definition) is 0. The predicted molar refractivity (Wildman–Crippen MR) is 26.0 cm³/mol. The molecule has 0 amide bonds. The second kappa shape index (κ2) is 1.98. The number of aromatic nitrogens is 1. The van der Waals surface area contributed by atoms with Crippen LogP contribution in [-0.4, -0.2) is 4.98 Å². The zero-order valence-electron chi connectivity index (χ0n) is 4.07. The van der Waals surface area contributed by atoms with Gasteiger partial charge in [-0.05, 0) is 0 Å². The van der Waals surface area contributed by atoms with E-state index >= 15 is 0 Å². The average molecular weight is 152 g/mol. The van der Waals surface area contributed by atoms with Crippen molar-refractivity contribution in [1.29, 1.82) is 0 Å². The first-order chi connectivity index (χ1) is 4.11. The van der Waals surface area contributed by atoms with Crippen LogP contribution in [0, 0.1) is 6.20 Å². The van der Waals surface area contributed by atoms with Crippen molar-refractivity contribution in [3.05, 3.63) is 16.6 Å². The highest BCUT2D eigenvalue weighted by Gasteiger charge is 2.32. The second-order valence-corrected chi connectivity index (χ2v) is 2.15. The van der Waals surface area contributed by atoms with E-state index in [0.717, 1.165) is 5.51 Å². The summed E-state index contributed by atoms with van der Waals surface area (Å²) in [6.45, 7) is 0. The Bertz CT molecular complexity index is 178. The van der Waals surface area contributed by atoms with Crippen molar-refractivity contribution < 1.29 is 13.2 Å². The molecule has 0 saturated carbocycles. The van der Waals surface area contributed by atoms with Gasteiger partial charge in [-0.25, -0.2) is 4.98 Å². The van der Waals surface area contributed by atoms with E-state index in [1.165, 1.54) is 0 Å². The summed E-state index contributed by atoms with van der Waals surface area (Å²) in [5.74, 6) is 0. The summed E-state index contributed by atoms with van der Waals surface area (Å²) in [6.07, 6.45) is -2.46. The van der Waals surface area contributed by atoms with Gasteiger partial charge >= 0.3 is 6.18 Å². The Labute approximate surface area is 53.2 Å². The summed E-state index contributed by atoms with van der Waals surface area (Å²) < 4.78 is 34.7. The summed E-state index contributed by atoms with van der Waals surface area (Å²) in [6, 6.07) is 0. The summed E-state index contributed by atoms with van der Waals surface area (Å²) in [5, 5.41) is 0. The smallest absolute Gasteiger partial charge is 0.242 e. The fraction of sp³-hybridized carbons (Fsp3) is 0.250. The Hall–Kier alpha value is -0.580. The molecular weight excluding hydrogens is 151 g/mol. The summed E-state index contributed by atoms with van der Waals surface area (Å²) in [7, 11) is 0. The molecule has 0 fully saturated rings. The molecule has 1 rings (SSSR count). The third kappa shape index (κ3) is 1.41. The minimum absolute atomic E-state index is 0.538. The molecule has 0 unspecified atom stereocenters. The molecule has 1 nitrogen and oxygen atoms in total. The molecule has 49 valence electrons. The van der Waals surface area contributed by atoms with Gasteiger partial charge in [0.25, 0.3) is 0 Å². The van der Waals surface area contributed by atoms with Gasteiger partial charge in [-0.15, -0.1) is 11.3 Å². The first kappa shape index (κ1) is 6.54. The minimum atomic E-state index is -4.28. The second-order valence-electron chi connectivity index (χ2n) is 1.29. The van der Waals surface area contributed by atoms with E-state index in [2.05, 4.69) is 4.98 Å². The highest BCUT2D eigenvalue weighted by atomic mass is 32.1. The maximum atomic E-state index is 11.6. The number of hydrogen-bond acceptors (Lipinski definition) is 2. The molecule has 1 radical (unpaired) electrons. The lowest BCUT2D eigenvalue weighted by molar-refractivity contribution is -0.134. The molecule has 1 aromatic heterocycles. The summed E-state index contributed by atoms with van der Waals surface area (Å²) in [4.78, 5) is 2.39. The van der Waals surface area contributed by atoms with E-state index in [-0.39, 0.29) is 0 Å². The lowest BCUT2D eigenvalue weighted by Gasteiger charge is -1.97. The average Bonchev–Trinajstić information content (AvgIpc) is 2.08. The molecule has 0 aromatic carbocycles. The van der Waals surface area contributed by atoms with Crippen molar-refractivity contribution in [3.8, 4) is 0 Å². The van der Waals surface area contributed by atoms with Crippen molar-refractivity contribution >= 4 is 11.3 Å². The van der Waals surface area contributed by atoms with E-state index in [1.54, 1.807) is 0 Å². The van der Waals surface area contributed by atoms with E-state index in [9.17, 15) is 13.2 Å². The van der Waals surface area contributed by atoms with Crippen molar-refractivity contribution in [3.63, 3.8) is 0 Å². The fourth-order valence-electron chi connectivity index (χ4n) is 0.321.